The molecule has 1 saturated carbocycles. The van der Waals surface area contributed by atoms with Gasteiger partial charge in [0.1, 0.15) is 0 Å². The van der Waals surface area contributed by atoms with Gasteiger partial charge in [0.05, 0.1) is 0 Å². The maximum Gasteiger partial charge on any atom is -0.0274 e. The Hall–Kier alpha value is -0.520. The van der Waals surface area contributed by atoms with E-state index in [1.54, 1.807) is 0 Å². The van der Waals surface area contributed by atoms with Gasteiger partial charge in [0.25, 0.3) is 0 Å². The van der Waals surface area contributed by atoms with E-state index in [0.717, 1.165) is 0 Å². The molecule has 0 atom stereocenters. The van der Waals surface area contributed by atoms with E-state index in [0.29, 0.717) is 0 Å². The molecule has 0 saturated heterocycles. The van der Waals surface area contributed by atoms with Crippen LogP contribution in [0.25, 0.3) is 0 Å². The van der Waals surface area contributed by atoms with Crippen LogP contribution in [0.3, 0.4) is 0 Å². The van der Waals surface area contributed by atoms with E-state index in [1.165, 1.54) is 36.0 Å². The van der Waals surface area contributed by atoms with E-state index in [4.69, 9.17) is 0 Å². The highest BCUT2D eigenvalue weighted by Crippen LogP contribution is 2.30. The molecule has 0 nitrogen and oxygen atoms in total. The number of allylic oxidation sites excluding steroid dienone is 3. The Morgan fingerprint density at radius 3 is 2.22 bits per heavy atom. The van der Waals surface area contributed by atoms with Crippen LogP contribution in [0.2, 0.25) is 0 Å². The van der Waals surface area contributed by atoms with Crippen LogP contribution in [-0.4, -0.2) is 0 Å². The van der Waals surface area contributed by atoms with Crippen molar-refractivity contribution in [3.05, 3.63) is 23.3 Å². The molecule has 0 aromatic heterocycles. The summed E-state index contributed by atoms with van der Waals surface area (Å²) in [5.74, 6) is 0. The largest absolute Gasteiger partial charge is 0.0956 e. The molecule has 0 aromatic carbocycles. The highest BCUT2D eigenvalue weighted by atomic mass is 14.2. The Kier molecular flexibility index (Phi) is 1.75. The summed E-state index contributed by atoms with van der Waals surface area (Å²) in [6, 6.07) is 0. The summed E-state index contributed by atoms with van der Waals surface area (Å²) in [7, 11) is 0. The molecule has 0 bridgehead atoms. The number of hydrogen-bond donors (Lipinski definition) is 0. The normalized spacial score (nSPS) is 18.9. The lowest BCUT2D eigenvalue weighted by atomic mass is 10.1. The zero-order valence-corrected chi connectivity index (χ0v) is 6.33. The monoisotopic (exact) mass is 122 g/mol. The van der Waals surface area contributed by atoms with E-state index in [-0.39, 0.29) is 0 Å². The van der Waals surface area contributed by atoms with Crippen LogP contribution in [0.5, 0.6) is 0 Å². The van der Waals surface area contributed by atoms with Crippen molar-refractivity contribution in [3.63, 3.8) is 0 Å². The minimum atomic E-state index is 1.22. The molecule has 1 fully saturated rings. The second-order valence-electron chi connectivity index (χ2n) is 2.94. The maximum absolute atomic E-state index is 4.00. The van der Waals surface area contributed by atoms with Crippen LogP contribution in [0.15, 0.2) is 23.3 Å². The van der Waals surface area contributed by atoms with Crippen molar-refractivity contribution in [1.82, 2.24) is 0 Å². The fourth-order valence-electron chi connectivity index (χ4n) is 1.41. The Labute approximate surface area is 57.3 Å². The summed E-state index contributed by atoms with van der Waals surface area (Å²) in [5.41, 5.74) is 4.35. The first-order valence-electron chi connectivity index (χ1n) is 3.56. The molecule has 1 aliphatic rings. The van der Waals surface area contributed by atoms with Crippen LogP contribution in [-0.2, 0) is 0 Å². The number of rotatable bonds is 0. The van der Waals surface area contributed by atoms with Gasteiger partial charge in [0.2, 0.25) is 0 Å². The van der Waals surface area contributed by atoms with Crippen LogP contribution >= 0.6 is 0 Å². The third-order valence-electron chi connectivity index (χ3n) is 1.94. The third kappa shape index (κ3) is 1.24. The van der Waals surface area contributed by atoms with Gasteiger partial charge in [-0.3, -0.25) is 0 Å². The van der Waals surface area contributed by atoms with Gasteiger partial charge >= 0.3 is 0 Å². The van der Waals surface area contributed by atoms with E-state index < -0.39 is 0 Å². The first-order valence-corrected chi connectivity index (χ1v) is 3.56. The molecule has 0 amide bonds. The molecule has 0 heteroatoms. The quantitative estimate of drug-likeness (QED) is 0.463. The van der Waals surface area contributed by atoms with Gasteiger partial charge in [-0.05, 0) is 38.7 Å². The SMILES string of the molecule is C=C1CCCC1=C(C)C. The zero-order valence-electron chi connectivity index (χ0n) is 6.33. The summed E-state index contributed by atoms with van der Waals surface area (Å²) in [6.45, 7) is 8.34. The zero-order chi connectivity index (χ0) is 6.85. The van der Waals surface area contributed by atoms with Gasteiger partial charge in [0, 0.05) is 0 Å². The number of hydrogen-bond acceptors (Lipinski definition) is 0. The molecule has 0 aliphatic heterocycles. The average molecular weight is 122 g/mol. The van der Waals surface area contributed by atoms with Crippen molar-refractivity contribution in [2.24, 2.45) is 0 Å². The van der Waals surface area contributed by atoms with Gasteiger partial charge in [0.15, 0.2) is 0 Å². The fourth-order valence-corrected chi connectivity index (χ4v) is 1.41. The Morgan fingerprint density at radius 1 is 1.33 bits per heavy atom. The van der Waals surface area contributed by atoms with Crippen molar-refractivity contribution < 1.29 is 0 Å². The molecule has 0 radical (unpaired) electrons. The van der Waals surface area contributed by atoms with Crippen LogP contribution < -0.4 is 0 Å². The fraction of sp³-hybridized carbons (Fsp3) is 0.556. The Bertz CT molecular complexity index is 157. The molecule has 9 heavy (non-hydrogen) atoms. The first-order chi connectivity index (χ1) is 4.22. The maximum atomic E-state index is 4.00. The minimum absolute atomic E-state index is 1.22. The Morgan fingerprint density at radius 2 is 2.00 bits per heavy atom. The second kappa shape index (κ2) is 2.38. The first kappa shape index (κ1) is 6.60. The van der Waals surface area contributed by atoms with Crippen molar-refractivity contribution in [3.8, 4) is 0 Å². The van der Waals surface area contributed by atoms with Crippen molar-refractivity contribution in [2.75, 3.05) is 0 Å². The molecule has 0 N–H and O–H groups in total. The van der Waals surface area contributed by atoms with Crippen LogP contribution in [0.1, 0.15) is 33.1 Å². The summed E-state index contributed by atoms with van der Waals surface area (Å²) in [5, 5.41) is 0. The lowest BCUT2D eigenvalue weighted by molar-refractivity contribution is 0.929. The molecule has 50 valence electrons. The minimum Gasteiger partial charge on any atom is -0.0956 e. The molecule has 0 heterocycles. The molecule has 1 aliphatic carbocycles. The highest BCUT2D eigenvalue weighted by molar-refractivity contribution is 5.35. The molecular weight excluding hydrogens is 108 g/mol. The van der Waals surface area contributed by atoms with Crippen LogP contribution in [0, 0.1) is 0 Å². The topological polar surface area (TPSA) is 0 Å². The Balaban J connectivity index is 2.83. The molecule has 1 rings (SSSR count). The summed E-state index contributed by atoms with van der Waals surface area (Å²) < 4.78 is 0. The van der Waals surface area contributed by atoms with E-state index in [2.05, 4.69) is 20.4 Å². The lowest BCUT2D eigenvalue weighted by Gasteiger charge is -1.99. The van der Waals surface area contributed by atoms with Crippen molar-refractivity contribution >= 4 is 0 Å². The summed E-state index contributed by atoms with van der Waals surface area (Å²) >= 11 is 0. The average Bonchev–Trinajstić information content (AvgIpc) is 2.13. The summed E-state index contributed by atoms with van der Waals surface area (Å²) in [6.07, 6.45) is 3.81. The van der Waals surface area contributed by atoms with E-state index in [1.807, 2.05) is 0 Å². The standard InChI is InChI=1S/C9H14/c1-7(2)9-6-4-5-8(9)3/h3-6H2,1-2H3. The van der Waals surface area contributed by atoms with Crippen molar-refractivity contribution in [2.45, 2.75) is 33.1 Å². The van der Waals surface area contributed by atoms with Gasteiger partial charge in [-0.1, -0.05) is 17.7 Å². The van der Waals surface area contributed by atoms with E-state index in [9.17, 15) is 0 Å². The smallest absolute Gasteiger partial charge is 0.0274 e. The van der Waals surface area contributed by atoms with E-state index >= 15 is 0 Å². The molecular formula is C9H14. The van der Waals surface area contributed by atoms with Gasteiger partial charge in [-0.25, -0.2) is 0 Å². The molecule has 0 spiro atoms. The molecule has 0 aromatic rings. The molecule has 0 unspecified atom stereocenters. The third-order valence-corrected chi connectivity index (χ3v) is 1.94. The highest BCUT2D eigenvalue weighted by Gasteiger charge is 2.11. The van der Waals surface area contributed by atoms with Gasteiger partial charge in [-0.2, -0.15) is 0 Å². The second-order valence-corrected chi connectivity index (χ2v) is 2.94. The lowest BCUT2D eigenvalue weighted by Crippen LogP contribution is -1.78. The predicted octanol–water partition coefficient (Wildman–Crippen LogP) is 3.06. The van der Waals surface area contributed by atoms with Crippen LogP contribution in [0.4, 0.5) is 0 Å². The summed E-state index contributed by atoms with van der Waals surface area (Å²) in [4.78, 5) is 0. The van der Waals surface area contributed by atoms with Gasteiger partial charge in [-0.15, -0.1) is 0 Å². The van der Waals surface area contributed by atoms with Crippen molar-refractivity contribution in [1.29, 1.82) is 0 Å². The van der Waals surface area contributed by atoms with Gasteiger partial charge < -0.3 is 0 Å². The predicted molar refractivity (Wildman–Crippen MR) is 41.4 cm³/mol.